The van der Waals surface area contributed by atoms with E-state index in [1.54, 1.807) is 12.1 Å². The third-order valence-electron chi connectivity index (χ3n) is 2.87. The van der Waals surface area contributed by atoms with Crippen LogP contribution in [0.15, 0.2) is 48.7 Å². The van der Waals surface area contributed by atoms with Crippen molar-refractivity contribution in [3.05, 3.63) is 54.2 Å². The quantitative estimate of drug-likeness (QED) is 0.801. The maximum absolute atomic E-state index is 12.1. The number of hydrogen-bond acceptors (Lipinski definition) is 6. The van der Waals surface area contributed by atoms with E-state index < -0.39 is 0 Å². The summed E-state index contributed by atoms with van der Waals surface area (Å²) in [5.41, 5.74) is 1.39. The van der Waals surface area contributed by atoms with Crippen molar-refractivity contribution in [2.45, 2.75) is 0 Å². The zero-order valence-corrected chi connectivity index (χ0v) is 12.5. The number of hydrogen-bond donors (Lipinski definition) is 1. The van der Waals surface area contributed by atoms with Gasteiger partial charge in [-0.15, -0.1) is 10.2 Å². The van der Waals surface area contributed by atoms with Gasteiger partial charge in [0.2, 0.25) is 11.0 Å². The van der Waals surface area contributed by atoms with Crippen LogP contribution in [0.2, 0.25) is 0 Å². The minimum absolute atomic E-state index is 0.286. The van der Waals surface area contributed by atoms with Crippen LogP contribution in [0.5, 0.6) is 5.88 Å². The van der Waals surface area contributed by atoms with Crippen LogP contribution in [-0.4, -0.2) is 28.2 Å². The highest BCUT2D eigenvalue weighted by atomic mass is 32.1. The van der Waals surface area contributed by atoms with Crippen molar-refractivity contribution in [1.82, 2.24) is 15.2 Å². The van der Waals surface area contributed by atoms with Crippen LogP contribution in [0.4, 0.5) is 5.13 Å². The van der Waals surface area contributed by atoms with Crippen LogP contribution in [0, 0.1) is 0 Å². The number of amides is 1. The van der Waals surface area contributed by atoms with E-state index in [2.05, 4.69) is 20.5 Å². The summed E-state index contributed by atoms with van der Waals surface area (Å²) >= 11 is 1.32. The Bertz CT molecular complexity index is 772. The molecule has 110 valence electrons. The molecule has 3 aromatic rings. The standard InChI is InChI=1S/C15H12N4O2S/c1-21-12-8-7-11(9-16-12)13(20)17-15-19-18-14(22-15)10-5-3-2-4-6-10/h2-9H,1H3,(H,17,19,20). The van der Waals surface area contributed by atoms with Gasteiger partial charge in [0, 0.05) is 17.8 Å². The number of nitrogens with one attached hydrogen (secondary N) is 1. The fourth-order valence-corrected chi connectivity index (χ4v) is 2.52. The van der Waals surface area contributed by atoms with Gasteiger partial charge in [-0.2, -0.15) is 0 Å². The average molecular weight is 312 g/mol. The predicted octanol–water partition coefficient (Wildman–Crippen LogP) is 2.86. The van der Waals surface area contributed by atoms with E-state index in [1.165, 1.54) is 24.6 Å². The molecule has 0 radical (unpaired) electrons. The molecule has 1 aromatic carbocycles. The first kappa shape index (κ1) is 14.2. The number of pyridine rings is 1. The molecule has 0 atom stereocenters. The Kier molecular flexibility index (Phi) is 4.06. The van der Waals surface area contributed by atoms with Gasteiger partial charge in [0.15, 0.2) is 0 Å². The molecule has 0 unspecified atom stereocenters. The van der Waals surface area contributed by atoms with Gasteiger partial charge in [-0.05, 0) is 6.07 Å². The summed E-state index contributed by atoms with van der Waals surface area (Å²) in [5, 5.41) is 12.0. The van der Waals surface area contributed by atoms with Crippen molar-refractivity contribution >= 4 is 22.4 Å². The first-order valence-electron chi connectivity index (χ1n) is 6.46. The molecule has 0 aliphatic rings. The topological polar surface area (TPSA) is 77.0 Å². The Hall–Kier alpha value is -2.80. The summed E-state index contributed by atoms with van der Waals surface area (Å²) in [6.07, 6.45) is 1.45. The number of methoxy groups -OCH3 is 1. The number of anilines is 1. The Morgan fingerprint density at radius 2 is 1.95 bits per heavy atom. The fraction of sp³-hybridized carbons (Fsp3) is 0.0667. The van der Waals surface area contributed by atoms with Gasteiger partial charge in [-0.1, -0.05) is 41.7 Å². The van der Waals surface area contributed by atoms with Crippen molar-refractivity contribution in [2.24, 2.45) is 0 Å². The van der Waals surface area contributed by atoms with E-state index in [4.69, 9.17) is 4.74 Å². The number of carbonyl (C=O) groups is 1. The lowest BCUT2D eigenvalue weighted by Gasteiger charge is -2.02. The molecule has 22 heavy (non-hydrogen) atoms. The van der Waals surface area contributed by atoms with Crippen LogP contribution in [0.3, 0.4) is 0 Å². The van der Waals surface area contributed by atoms with E-state index in [1.807, 2.05) is 30.3 Å². The second kappa shape index (κ2) is 6.31. The Morgan fingerprint density at radius 3 is 2.64 bits per heavy atom. The van der Waals surface area contributed by atoms with Gasteiger partial charge in [0.05, 0.1) is 12.7 Å². The molecule has 7 heteroatoms. The van der Waals surface area contributed by atoms with Gasteiger partial charge in [0.25, 0.3) is 5.91 Å². The lowest BCUT2D eigenvalue weighted by molar-refractivity contribution is 0.102. The van der Waals surface area contributed by atoms with Crippen LogP contribution >= 0.6 is 11.3 Å². The minimum atomic E-state index is -0.286. The number of nitrogens with zero attached hydrogens (tertiary/aromatic N) is 3. The molecule has 0 saturated carbocycles. The zero-order chi connectivity index (χ0) is 15.4. The highest BCUT2D eigenvalue weighted by Gasteiger charge is 2.11. The van der Waals surface area contributed by atoms with E-state index in [0.29, 0.717) is 16.6 Å². The number of ether oxygens (including phenoxy) is 1. The molecule has 0 saturated heterocycles. The maximum atomic E-state index is 12.1. The zero-order valence-electron chi connectivity index (χ0n) is 11.7. The first-order valence-corrected chi connectivity index (χ1v) is 7.28. The number of rotatable bonds is 4. The molecule has 0 fully saturated rings. The normalized spacial score (nSPS) is 10.2. The van der Waals surface area contributed by atoms with Gasteiger partial charge >= 0.3 is 0 Å². The largest absolute Gasteiger partial charge is 0.481 e. The molecule has 0 aliphatic heterocycles. The molecule has 0 bridgehead atoms. The van der Waals surface area contributed by atoms with Gasteiger partial charge in [-0.3, -0.25) is 10.1 Å². The maximum Gasteiger partial charge on any atom is 0.259 e. The lowest BCUT2D eigenvalue weighted by atomic mass is 10.2. The highest BCUT2D eigenvalue weighted by Crippen LogP contribution is 2.26. The molecular formula is C15H12N4O2S. The number of benzene rings is 1. The van der Waals surface area contributed by atoms with Crippen molar-refractivity contribution in [2.75, 3.05) is 12.4 Å². The number of carbonyl (C=O) groups excluding carboxylic acids is 1. The molecule has 0 aliphatic carbocycles. The molecule has 6 nitrogen and oxygen atoms in total. The van der Waals surface area contributed by atoms with Crippen LogP contribution in [0.25, 0.3) is 10.6 Å². The molecule has 0 spiro atoms. The van der Waals surface area contributed by atoms with Crippen molar-refractivity contribution in [3.63, 3.8) is 0 Å². The van der Waals surface area contributed by atoms with Crippen LogP contribution in [0.1, 0.15) is 10.4 Å². The molecule has 2 aromatic heterocycles. The average Bonchev–Trinajstić information content (AvgIpc) is 3.04. The van der Waals surface area contributed by atoms with Gasteiger partial charge < -0.3 is 4.74 Å². The van der Waals surface area contributed by atoms with Gasteiger partial charge in [0.1, 0.15) is 5.01 Å². The van der Waals surface area contributed by atoms with Crippen molar-refractivity contribution in [1.29, 1.82) is 0 Å². The summed E-state index contributed by atoms with van der Waals surface area (Å²) in [6, 6.07) is 12.9. The monoisotopic (exact) mass is 312 g/mol. The van der Waals surface area contributed by atoms with E-state index in [0.717, 1.165) is 10.6 Å². The third kappa shape index (κ3) is 3.09. The van der Waals surface area contributed by atoms with E-state index >= 15 is 0 Å². The van der Waals surface area contributed by atoms with Crippen molar-refractivity contribution in [3.8, 4) is 16.5 Å². The Labute approximate surface area is 130 Å². The molecule has 1 N–H and O–H groups in total. The third-order valence-corrected chi connectivity index (χ3v) is 3.76. The SMILES string of the molecule is COc1ccc(C(=O)Nc2nnc(-c3ccccc3)s2)cn1. The van der Waals surface area contributed by atoms with Crippen LogP contribution < -0.4 is 10.1 Å². The molecular weight excluding hydrogens is 300 g/mol. The first-order chi connectivity index (χ1) is 10.8. The van der Waals surface area contributed by atoms with Gasteiger partial charge in [-0.25, -0.2) is 4.98 Å². The molecule has 3 rings (SSSR count). The summed E-state index contributed by atoms with van der Waals surface area (Å²) in [7, 11) is 1.52. The van der Waals surface area contributed by atoms with Crippen LogP contribution in [-0.2, 0) is 0 Å². The van der Waals surface area contributed by atoms with E-state index in [9.17, 15) is 4.79 Å². The summed E-state index contributed by atoms with van der Waals surface area (Å²) in [6.45, 7) is 0. The molecule has 2 heterocycles. The second-order valence-corrected chi connectivity index (χ2v) is 5.30. The Morgan fingerprint density at radius 1 is 1.14 bits per heavy atom. The lowest BCUT2D eigenvalue weighted by Crippen LogP contribution is -2.12. The minimum Gasteiger partial charge on any atom is -0.481 e. The summed E-state index contributed by atoms with van der Waals surface area (Å²) in [5.74, 6) is 0.171. The second-order valence-electron chi connectivity index (χ2n) is 4.32. The predicted molar refractivity (Wildman–Crippen MR) is 84.1 cm³/mol. The number of aromatic nitrogens is 3. The highest BCUT2D eigenvalue weighted by molar-refractivity contribution is 7.18. The van der Waals surface area contributed by atoms with Crippen molar-refractivity contribution < 1.29 is 9.53 Å². The van der Waals surface area contributed by atoms with E-state index in [-0.39, 0.29) is 5.91 Å². The summed E-state index contributed by atoms with van der Waals surface area (Å²) < 4.78 is 4.96. The smallest absolute Gasteiger partial charge is 0.259 e. The Balaban J connectivity index is 1.73. The fourth-order valence-electron chi connectivity index (χ4n) is 1.78. The molecule has 1 amide bonds. The summed E-state index contributed by atoms with van der Waals surface area (Å²) in [4.78, 5) is 16.1.